The van der Waals surface area contributed by atoms with Crippen LogP contribution in [-0.4, -0.2) is 48.2 Å². The van der Waals surface area contributed by atoms with Crippen molar-refractivity contribution in [1.29, 1.82) is 0 Å². The second kappa shape index (κ2) is 5.73. The topological polar surface area (TPSA) is 29.5 Å². The Kier molecular flexibility index (Phi) is 4.01. The molecule has 1 amide bonds. The minimum atomic E-state index is -0.0244. The fraction of sp³-hybridized carbons (Fsp3) is 0.500. The van der Waals surface area contributed by atoms with E-state index in [1.165, 1.54) is 10.5 Å². The van der Waals surface area contributed by atoms with E-state index in [1.54, 1.807) is 11.8 Å². The Morgan fingerprint density at radius 1 is 1.47 bits per heavy atom. The van der Waals surface area contributed by atoms with E-state index in [2.05, 4.69) is 12.1 Å². The minimum absolute atomic E-state index is 0.00437. The molecule has 3 rings (SSSR count). The molecule has 3 nitrogen and oxygen atoms in total. The van der Waals surface area contributed by atoms with Gasteiger partial charge in [0.25, 0.3) is 0 Å². The number of thioether (sulfide) groups is 1. The molecule has 0 aromatic heterocycles. The van der Waals surface area contributed by atoms with Gasteiger partial charge in [0.05, 0.1) is 24.5 Å². The second-order valence-corrected chi connectivity index (χ2v) is 6.20. The predicted molar refractivity (Wildman–Crippen MR) is 76.9 cm³/mol. The molecule has 0 saturated carbocycles. The molecule has 2 heterocycles. The smallest absolute Gasteiger partial charge is 0.231 e. The molecule has 0 spiro atoms. The van der Waals surface area contributed by atoms with E-state index < -0.39 is 0 Å². The van der Waals surface area contributed by atoms with Gasteiger partial charge in [-0.15, -0.1) is 23.4 Å². The van der Waals surface area contributed by atoms with Crippen molar-refractivity contribution in [3.05, 3.63) is 29.8 Å². The number of ether oxygens (including phenoxy) is 1. The fourth-order valence-corrected chi connectivity index (χ4v) is 4.01. The maximum absolute atomic E-state index is 12.6. The van der Waals surface area contributed by atoms with E-state index in [4.69, 9.17) is 16.3 Å². The van der Waals surface area contributed by atoms with Gasteiger partial charge in [-0.2, -0.15) is 0 Å². The lowest BCUT2D eigenvalue weighted by molar-refractivity contribution is -0.139. The summed E-state index contributed by atoms with van der Waals surface area (Å²) in [6, 6.07) is 8.19. The summed E-state index contributed by atoms with van der Waals surface area (Å²) < 4.78 is 5.51. The highest BCUT2D eigenvalue weighted by molar-refractivity contribution is 7.99. The van der Waals surface area contributed by atoms with E-state index in [0.29, 0.717) is 25.6 Å². The van der Waals surface area contributed by atoms with Crippen molar-refractivity contribution in [2.45, 2.75) is 16.9 Å². The third-order valence-corrected chi connectivity index (χ3v) is 5.15. The highest BCUT2D eigenvalue weighted by Crippen LogP contribution is 2.40. The summed E-state index contributed by atoms with van der Waals surface area (Å²) in [5.74, 6) is 1.51. The zero-order valence-corrected chi connectivity index (χ0v) is 12.1. The normalized spacial score (nSPS) is 26.3. The number of halogens is 1. The van der Waals surface area contributed by atoms with Gasteiger partial charge in [-0.3, -0.25) is 4.79 Å². The van der Waals surface area contributed by atoms with Crippen LogP contribution in [0.15, 0.2) is 29.2 Å². The van der Waals surface area contributed by atoms with Crippen molar-refractivity contribution < 1.29 is 9.53 Å². The zero-order chi connectivity index (χ0) is 13.2. The molecule has 2 aliphatic heterocycles. The summed E-state index contributed by atoms with van der Waals surface area (Å²) in [5.41, 5.74) is 1.17. The lowest BCUT2D eigenvalue weighted by Crippen LogP contribution is -2.48. The van der Waals surface area contributed by atoms with Crippen LogP contribution in [0.4, 0.5) is 0 Å². The number of rotatable bonds is 2. The number of benzene rings is 1. The molecule has 0 aliphatic carbocycles. The number of nitrogens with zero attached hydrogens (tertiary/aromatic N) is 1. The Hall–Kier alpha value is -0.710. The van der Waals surface area contributed by atoms with Crippen LogP contribution in [0.1, 0.15) is 11.5 Å². The quantitative estimate of drug-likeness (QED) is 0.785. The monoisotopic (exact) mass is 297 g/mol. The summed E-state index contributed by atoms with van der Waals surface area (Å²) in [4.78, 5) is 15.8. The fourth-order valence-electron chi connectivity index (χ4n) is 2.60. The first kappa shape index (κ1) is 13.3. The number of hydrogen-bond donors (Lipinski definition) is 0. The first-order valence-electron chi connectivity index (χ1n) is 6.47. The number of carbonyl (C=O) groups is 1. The van der Waals surface area contributed by atoms with Gasteiger partial charge >= 0.3 is 0 Å². The molecule has 1 aromatic carbocycles. The summed E-state index contributed by atoms with van der Waals surface area (Å²) in [6.07, 6.45) is -0.0244. The molecule has 5 heteroatoms. The molecule has 102 valence electrons. The highest BCUT2D eigenvalue weighted by atomic mass is 35.5. The average molecular weight is 298 g/mol. The largest absolute Gasteiger partial charge is 0.373 e. The Morgan fingerprint density at radius 2 is 2.32 bits per heavy atom. The maximum Gasteiger partial charge on any atom is 0.231 e. The van der Waals surface area contributed by atoms with Gasteiger partial charge in [-0.05, 0) is 11.6 Å². The van der Waals surface area contributed by atoms with Gasteiger partial charge in [0.2, 0.25) is 5.91 Å². The van der Waals surface area contributed by atoms with Crippen molar-refractivity contribution in [3.63, 3.8) is 0 Å². The van der Waals surface area contributed by atoms with E-state index in [9.17, 15) is 4.79 Å². The van der Waals surface area contributed by atoms with E-state index in [1.807, 2.05) is 17.0 Å². The molecular weight excluding hydrogens is 282 g/mol. The average Bonchev–Trinajstić information content (AvgIpc) is 2.90. The Morgan fingerprint density at radius 3 is 3.16 bits per heavy atom. The summed E-state index contributed by atoms with van der Waals surface area (Å²) in [5, 5.41) is 0. The Balaban J connectivity index is 1.75. The molecule has 0 radical (unpaired) electrons. The lowest BCUT2D eigenvalue weighted by atomic mass is 9.99. The van der Waals surface area contributed by atoms with Gasteiger partial charge < -0.3 is 9.64 Å². The van der Waals surface area contributed by atoms with Crippen LogP contribution in [-0.2, 0) is 9.53 Å². The molecule has 0 N–H and O–H groups in total. The number of fused-ring (bicyclic) bond motifs is 1. The van der Waals surface area contributed by atoms with Crippen LogP contribution in [0, 0.1) is 0 Å². The molecule has 1 saturated heterocycles. The number of alkyl halides is 1. The van der Waals surface area contributed by atoms with Gasteiger partial charge in [0, 0.05) is 23.7 Å². The highest BCUT2D eigenvalue weighted by Gasteiger charge is 2.34. The zero-order valence-electron chi connectivity index (χ0n) is 10.5. The molecule has 1 aromatic rings. The van der Waals surface area contributed by atoms with Crippen molar-refractivity contribution >= 4 is 29.3 Å². The lowest BCUT2D eigenvalue weighted by Gasteiger charge is -2.33. The number of carbonyl (C=O) groups excluding carboxylic acids is 1. The number of amides is 1. The van der Waals surface area contributed by atoms with E-state index >= 15 is 0 Å². The third-order valence-electron chi connectivity index (χ3n) is 3.62. The van der Waals surface area contributed by atoms with Crippen LogP contribution in [0.5, 0.6) is 0 Å². The summed E-state index contributed by atoms with van der Waals surface area (Å²) in [7, 11) is 0. The second-order valence-electron chi connectivity index (χ2n) is 4.83. The first-order chi connectivity index (χ1) is 9.29. The Bertz CT molecular complexity index is 482. The van der Waals surface area contributed by atoms with Gasteiger partial charge in [0.1, 0.15) is 0 Å². The standard InChI is InChI=1S/C14H16ClNO2S/c15-7-10-8-16(5-6-18-10)14(17)12-9-19-13-4-2-1-3-11(12)13/h1-4,10,12H,5-9H2. The van der Waals surface area contributed by atoms with Crippen LogP contribution in [0.3, 0.4) is 0 Å². The first-order valence-corrected chi connectivity index (χ1v) is 7.99. The van der Waals surface area contributed by atoms with Crippen molar-refractivity contribution in [3.8, 4) is 0 Å². The number of hydrogen-bond acceptors (Lipinski definition) is 3. The third kappa shape index (κ3) is 2.62. The molecular formula is C14H16ClNO2S. The molecule has 2 atom stereocenters. The van der Waals surface area contributed by atoms with Gasteiger partial charge in [-0.25, -0.2) is 0 Å². The molecule has 19 heavy (non-hydrogen) atoms. The predicted octanol–water partition coefficient (Wildman–Crippen LogP) is 2.34. The molecule has 0 bridgehead atoms. The SMILES string of the molecule is O=C(C1CSc2ccccc21)N1CCOC(CCl)C1. The van der Waals surface area contributed by atoms with Crippen LogP contribution in [0.25, 0.3) is 0 Å². The van der Waals surface area contributed by atoms with E-state index in [-0.39, 0.29) is 17.9 Å². The summed E-state index contributed by atoms with van der Waals surface area (Å²) >= 11 is 7.59. The van der Waals surface area contributed by atoms with Crippen LogP contribution in [0.2, 0.25) is 0 Å². The Labute approximate surface area is 122 Å². The summed E-state index contributed by atoms with van der Waals surface area (Å²) in [6.45, 7) is 1.88. The van der Waals surface area contributed by atoms with E-state index in [0.717, 1.165) is 5.75 Å². The van der Waals surface area contributed by atoms with Crippen molar-refractivity contribution in [2.24, 2.45) is 0 Å². The minimum Gasteiger partial charge on any atom is -0.373 e. The van der Waals surface area contributed by atoms with Crippen LogP contribution < -0.4 is 0 Å². The molecule has 2 aliphatic rings. The molecule has 2 unspecified atom stereocenters. The maximum atomic E-state index is 12.6. The molecule has 1 fully saturated rings. The van der Waals surface area contributed by atoms with Gasteiger partial charge in [-0.1, -0.05) is 18.2 Å². The van der Waals surface area contributed by atoms with Crippen molar-refractivity contribution in [2.75, 3.05) is 31.3 Å². The van der Waals surface area contributed by atoms with Crippen molar-refractivity contribution in [1.82, 2.24) is 4.90 Å². The number of morpholine rings is 1. The van der Waals surface area contributed by atoms with Gasteiger partial charge in [0.15, 0.2) is 0 Å². The van der Waals surface area contributed by atoms with Crippen LogP contribution >= 0.6 is 23.4 Å².